The van der Waals surface area contributed by atoms with Gasteiger partial charge in [-0.15, -0.1) is 0 Å². The van der Waals surface area contributed by atoms with E-state index in [1.165, 1.54) is 23.0 Å². The molecule has 2 nitrogen and oxygen atoms in total. The van der Waals surface area contributed by atoms with E-state index in [2.05, 4.69) is 71.2 Å². The fourth-order valence-electron chi connectivity index (χ4n) is 2.83. The molecule has 0 spiro atoms. The largest absolute Gasteiger partial charge is 0.365 e. The number of hydrogen-bond donors (Lipinski definition) is 1. The molecule has 106 valence electrons. The maximum atomic E-state index is 3.73. The number of piperazine rings is 1. The monoisotopic (exact) mass is 324 g/mol. The van der Waals surface area contributed by atoms with Crippen LogP contribution in [0.4, 0.5) is 5.69 Å². The van der Waals surface area contributed by atoms with E-state index in [9.17, 15) is 0 Å². The van der Waals surface area contributed by atoms with Gasteiger partial charge in [0.2, 0.25) is 0 Å². The van der Waals surface area contributed by atoms with Crippen LogP contribution in [-0.4, -0.2) is 25.2 Å². The van der Waals surface area contributed by atoms with Crippen LogP contribution < -0.4 is 10.2 Å². The number of rotatable bonds is 4. The minimum Gasteiger partial charge on any atom is -0.365 e. The van der Waals surface area contributed by atoms with Crippen LogP contribution >= 0.6 is 15.9 Å². The summed E-state index contributed by atoms with van der Waals surface area (Å²) >= 11 is 3.70. The van der Waals surface area contributed by atoms with Gasteiger partial charge in [-0.1, -0.05) is 39.3 Å². The van der Waals surface area contributed by atoms with Crippen LogP contribution in [0.15, 0.2) is 28.7 Å². The number of anilines is 1. The number of halogens is 1. The highest BCUT2D eigenvalue weighted by Gasteiger charge is 2.29. The van der Waals surface area contributed by atoms with Gasteiger partial charge in [0.15, 0.2) is 0 Å². The third kappa shape index (κ3) is 3.32. The van der Waals surface area contributed by atoms with Crippen LogP contribution in [-0.2, 0) is 0 Å². The zero-order valence-corrected chi connectivity index (χ0v) is 13.8. The van der Waals surface area contributed by atoms with Gasteiger partial charge < -0.3 is 10.2 Å². The van der Waals surface area contributed by atoms with E-state index in [0.717, 1.165) is 19.0 Å². The third-order valence-electron chi connectivity index (χ3n) is 4.41. The molecule has 1 N–H and O–H groups in total. The van der Waals surface area contributed by atoms with E-state index in [1.807, 2.05) is 0 Å². The fraction of sp³-hybridized carbons (Fsp3) is 0.625. The maximum Gasteiger partial charge on any atom is 0.0514 e. The Balaban J connectivity index is 2.21. The van der Waals surface area contributed by atoms with Crippen molar-refractivity contribution in [3.05, 3.63) is 28.7 Å². The molecule has 0 aromatic heterocycles. The molecule has 1 aromatic carbocycles. The molecule has 0 radical (unpaired) electrons. The summed E-state index contributed by atoms with van der Waals surface area (Å²) < 4.78 is 1.21. The van der Waals surface area contributed by atoms with E-state index in [0.29, 0.717) is 12.1 Å². The van der Waals surface area contributed by atoms with Crippen molar-refractivity contribution in [3.8, 4) is 0 Å². The standard InChI is InChI=1S/C16H25BrN2/c1-4-12(3)15-11-19(13(5-2)10-18-15)16-9-7-6-8-14(16)17/h6-9,12-13,15,18H,4-5,10-11H2,1-3H3. The predicted molar refractivity (Wildman–Crippen MR) is 86.8 cm³/mol. The molecular formula is C16H25BrN2. The van der Waals surface area contributed by atoms with Gasteiger partial charge in [-0.25, -0.2) is 0 Å². The van der Waals surface area contributed by atoms with Crippen LogP contribution in [0.3, 0.4) is 0 Å². The Kier molecular flexibility index (Phi) is 5.28. The molecule has 3 heteroatoms. The third-order valence-corrected chi connectivity index (χ3v) is 5.08. The summed E-state index contributed by atoms with van der Waals surface area (Å²) in [5.74, 6) is 0.725. The Morgan fingerprint density at radius 3 is 2.74 bits per heavy atom. The first-order chi connectivity index (χ1) is 9.17. The van der Waals surface area contributed by atoms with E-state index in [-0.39, 0.29) is 0 Å². The first-order valence-corrected chi connectivity index (χ1v) is 8.21. The summed E-state index contributed by atoms with van der Waals surface area (Å²) in [4.78, 5) is 2.58. The SMILES string of the molecule is CCC(C)C1CN(c2ccccc2Br)C(CC)CN1. The summed E-state index contributed by atoms with van der Waals surface area (Å²) in [6, 6.07) is 9.78. The van der Waals surface area contributed by atoms with Crippen LogP contribution in [0, 0.1) is 5.92 Å². The molecule has 3 unspecified atom stereocenters. The quantitative estimate of drug-likeness (QED) is 0.898. The van der Waals surface area contributed by atoms with Crippen molar-refractivity contribution < 1.29 is 0 Å². The maximum absolute atomic E-state index is 3.73. The molecule has 19 heavy (non-hydrogen) atoms. The second-order valence-electron chi connectivity index (χ2n) is 5.57. The van der Waals surface area contributed by atoms with Crippen LogP contribution in [0.25, 0.3) is 0 Å². The van der Waals surface area contributed by atoms with Crippen LogP contribution in [0.5, 0.6) is 0 Å². The molecule has 3 atom stereocenters. The van der Waals surface area contributed by atoms with Gasteiger partial charge in [-0.3, -0.25) is 0 Å². The zero-order chi connectivity index (χ0) is 13.8. The zero-order valence-electron chi connectivity index (χ0n) is 12.2. The molecule has 1 aliphatic rings. The topological polar surface area (TPSA) is 15.3 Å². The minimum absolute atomic E-state index is 0.596. The van der Waals surface area contributed by atoms with Crippen molar-refractivity contribution in [2.75, 3.05) is 18.0 Å². The molecule has 1 aromatic rings. The highest BCUT2D eigenvalue weighted by Crippen LogP contribution is 2.30. The number of benzene rings is 1. The first kappa shape index (κ1) is 14.9. The summed E-state index contributed by atoms with van der Waals surface area (Å²) in [6.45, 7) is 9.10. The Morgan fingerprint density at radius 1 is 1.37 bits per heavy atom. The second-order valence-corrected chi connectivity index (χ2v) is 6.42. The lowest BCUT2D eigenvalue weighted by Crippen LogP contribution is -2.58. The highest BCUT2D eigenvalue weighted by atomic mass is 79.9. The van der Waals surface area contributed by atoms with Crippen LogP contribution in [0.1, 0.15) is 33.6 Å². The van der Waals surface area contributed by atoms with Gasteiger partial charge in [0.05, 0.1) is 5.69 Å². The van der Waals surface area contributed by atoms with Gasteiger partial charge >= 0.3 is 0 Å². The predicted octanol–water partition coefficient (Wildman–Crippen LogP) is 4.05. The lowest BCUT2D eigenvalue weighted by atomic mass is 9.94. The van der Waals surface area contributed by atoms with Gasteiger partial charge in [-0.2, -0.15) is 0 Å². The van der Waals surface area contributed by atoms with Crippen molar-refractivity contribution in [1.29, 1.82) is 0 Å². The normalized spacial score (nSPS) is 25.4. The number of nitrogens with one attached hydrogen (secondary N) is 1. The van der Waals surface area contributed by atoms with Crippen molar-refractivity contribution in [2.45, 2.75) is 45.7 Å². The number of hydrogen-bond acceptors (Lipinski definition) is 2. The van der Waals surface area contributed by atoms with E-state index in [1.54, 1.807) is 0 Å². The Hall–Kier alpha value is -0.540. The highest BCUT2D eigenvalue weighted by molar-refractivity contribution is 9.10. The Labute approximate surface area is 125 Å². The fourth-order valence-corrected chi connectivity index (χ4v) is 3.35. The number of nitrogens with zero attached hydrogens (tertiary/aromatic N) is 1. The van der Waals surface area contributed by atoms with Crippen molar-refractivity contribution in [1.82, 2.24) is 5.32 Å². The number of para-hydroxylation sites is 1. The smallest absolute Gasteiger partial charge is 0.0514 e. The molecule has 0 amide bonds. The molecular weight excluding hydrogens is 300 g/mol. The molecule has 0 bridgehead atoms. The van der Waals surface area contributed by atoms with Gasteiger partial charge in [0.1, 0.15) is 0 Å². The Bertz CT molecular complexity index is 407. The van der Waals surface area contributed by atoms with E-state index >= 15 is 0 Å². The minimum atomic E-state index is 0.596. The van der Waals surface area contributed by atoms with Crippen LogP contribution in [0.2, 0.25) is 0 Å². The average Bonchev–Trinajstić information content (AvgIpc) is 2.46. The van der Waals surface area contributed by atoms with Gasteiger partial charge in [-0.05, 0) is 40.4 Å². The average molecular weight is 325 g/mol. The molecule has 0 saturated carbocycles. The summed E-state index contributed by atoms with van der Waals surface area (Å²) in [6.07, 6.45) is 2.42. The van der Waals surface area contributed by atoms with Gasteiger partial charge in [0, 0.05) is 29.6 Å². The van der Waals surface area contributed by atoms with Gasteiger partial charge in [0.25, 0.3) is 0 Å². The summed E-state index contributed by atoms with van der Waals surface area (Å²) in [5, 5.41) is 3.73. The molecule has 1 heterocycles. The van der Waals surface area contributed by atoms with Crippen molar-refractivity contribution >= 4 is 21.6 Å². The molecule has 1 aliphatic heterocycles. The molecule has 1 saturated heterocycles. The Morgan fingerprint density at radius 2 is 2.11 bits per heavy atom. The van der Waals surface area contributed by atoms with E-state index < -0.39 is 0 Å². The lowest BCUT2D eigenvalue weighted by Gasteiger charge is -2.44. The van der Waals surface area contributed by atoms with E-state index in [4.69, 9.17) is 0 Å². The summed E-state index contributed by atoms with van der Waals surface area (Å²) in [7, 11) is 0. The summed E-state index contributed by atoms with van der Waals surface area (Å²) in [5.41, 5.74) is 1.34. The molecule has 0 aliphatic carbocycles. The molecule has 2 rings (SSSR count). The molecule has 1 fully saturated rings. The second kappa shape index (κ2) is 6.76. The lowest BCUT2D eigenvalue weighted by molar-refractivity contribution is 0.306. The van der Waals surface area contributed by atoms with Crippen molar-refractivity contribution in [3.63, 3.8) is 0 Å². The van der Waals surface area contributed by atoms with Crippen molar-refractivity contribution in [2.24, 2.45) is 5.92 Å². The first-order valence-electron chi connectivity index (χ1n) is 7.41.